The number of fused-ring (bicyclic) bond motifs is 1. The second-order valence-corrected chi connectivity index (χ2v) is 5.90. The standard InChI is InChI=1S/C22H27NO2/c1-6-10-17(7-2)11-13-20-16(5)19-14-12-18(23(8-3)9-4)15-21(19)25-22(20)24/h6-7,10-15H,8-9H2,1-5H3/b10-6-,13-11+,17-7+. The highest BCUT2D eigenvalue weighted by Crippen LogP contribution is 2.25. The van der Waals surface area contributed by atoms with Gasteiger partial charge < -0.3 is 9.32 Å². The molecule has 1 aromatic heterocycles. The van der Waals surface area contributed by atoms with E-state index in [0.29, 0.717) is 11.1 Å². The van der Waals surface area contributed by atoms with Gasteiger partial charge in [0.25, 0.3) is 0 Å². The van der Waals surface area contributed by atoms with Gasteiger partial charge in [-0.1, -0.05) is 24.3 Å². The minimum absolute atomic E-state index is 0.297. The van der Waals surface area contributed by atoms with Crippen molar-refractivity contribution in [1.82, 2.24) is 0 Å². The highest BCUT2D eigenvalue weighted by atomic mass is 16.4. The molecule has 132 valence electrons. The fraction of sp³-hybridized carbons (Fsp3) is 0.318. The molecule has 3 heteroatoms. The number of hydrogen-bond donors (Lipinski definition) is 0. The Morgan fingerprint density at radius 3 is 2.48 bits per heavy atom. The summed E-state index contributed by atoms with van der Waals surface area (Å²) in [5.74, 6) is 0. The lowest BCUT2D eigenvalue weighted by molar-refractivity contribution is 0.558. The van der Waals surface area contributed by atoms with Gasteiger partial charge in [0, 0.05) is 30.2 Å². The number of benzene rings is 1. The number of anilines is 1. The molecule has 0 saturated carbocycles. The quantitative estimate of drug-likeness (QED) is 0.517. The average molecular weight is 337 g/mol. The summed E-state index contributed by atoms with van der Waals surface area (Å²) in [5, 5.41) is 0.975. The van der Waals surface area contributed by atoms with Crippen LogP contribution in [0.4, 0.5) is 5.69 Å². The summed E-state index contributed by atoms with van der Waals surface area (Å²) in [6.45, 7) is 12.0. The van der Waals surface area contributed by atoms with Crippen molar-refractivity contribution in [2.75, 3.05) is 18.0 Å². The lowest BCUT2D eigenvalue weighted by atomic mass is 10.0. The fourth-order valence-electron chi connectivity index (χ4n) is 2.96. The molecule has 25 heavy (non-hydrogen) atoms. The van der Waals surface area contributed by atoms with Gasteiger partial charge in [0.1, 0.15) is 5.58 Å². The summed E-state index contributed by atoms with van der Waals surface area (Å²) in [7, 11) is 0. The fourth-order valence-corrected chi connectivity index (χ4v) is 2.96. The molecule has 2 rings (SSSR count). The predicted octanol–water partition coefficient (Wildman–Crippen LogP) is 5.48. The van der Waals surface area contributed by atoms with Crippen LogP contribution in [-0.4, -0.2) is 13.1 Å². The van der Waals surface area contributed by atoms with E-state index in [-0.39, 0.29) is 5.63 Å². The van der Waals surface area contributed by atoms with Crippen molar-refractivity contribution >= 4 is 22.7 Å². The first-order valence-electron chi connectivity index (χ1n) is 8.85. The van der Waals surface area contributed by atoms with Gasteiger partial charge in [-0.25, -0.2) is 4.79 Å². The normalized spacial score (nSPS) is 12.6. The molecule has 0 saturated heterocycles. The van der Waals surface area contributed by atoms with E-state index < -0.39 is 0 Å². The van der Waals surface area contributed by atoms with Crippen molar-refractivity contribution < 1.29 is 4.42 Å². The van der Waals surface area contributed by atoms with Crippen LogP contribution in [0.1, 0.15) is 38.8 Å². The number of allylic oxidation sites excluding steroid dienone is 5. The van der Waals surface area contributed by atoms with Crippen molar-refractivity contribution in [1.29, 1.82) is 0 Å². The van der Waals surface area contributed by atoms with Crippen LogP contribution in [0.15, 0.2) is 57.3 Å². The first kappa shape index (κ1) is 18.8. The monoisotopic (exact) mass is 337 g/mol. The van der Waals surface area contributed by atoms with Gasteiger partial charge in [-0.15, -0.1) is 0 Å². The predicted molar refractivity (Wildman–Crippen MR) is 108 cm³/mol. The molecule has 0 unspecified atom stereocenters. The molecule has 0 aliphatic carbocycles. The zero-order chi connectivity index (χ0) is 18.4. The van der Waals surface area contributed by atoms with Crippen LogP contribution in [-0.2, 0) is 0 Å². The number of nitrogens with zero attached hydrogens (tertiary/aromatic N) is 1. The topological polar surface area (TPSA) is 33.5 Å². The summed E-state index contributed by atoms with van der Waals surface area (Å²) in [6.07, 6.45) is 9.77. The molecule has 0 amide bonds. The van der Waals surface area contributed by atoms with Crippen LogP contribution >= 0.6 is 0 Å². The number of aryl methyl sites for hydroxylation is 1. The van der Waals surface area contributed by atoms with Crippen LogP contribution in [0.25, 0.3) is 17.0 Å². The molecule has 0 radical (unpaired) electrons. The van der Waals surface area contributed by atoms with E-state index in [2.05, 4.69) is 24.8 Å². The third kappa shape index (κ3) is 4.11. The molecule has 0 atom stereocenters. The second kappa shape index (κ2) is 8.52. The number of hydrogen-bond acceptors (Lipinski definition) is 3. The van der Waals surface area contributed by atoms with Gasteiger partial charge in [-0.2, -0.15) is 0 Å². The smallest absolute Gasteiger partial charge is 0.343 e. The Morgan fingerprint density at radius 2 is 1.88 bits per heavy atom. The SMILES string of the molecule is C\C=C/C(/C=C/c1c(C)c2ccc(N(CC)CC)cc2oc1=O)=C\C. The second-order valence-electron chi connectivity index (χ2n) is 5.90. The zero-order valence-corrected chi connectivity index (χ0v) is 15.8. The molecule has 1 heterocycles. The molecule has 1 aromatic carbocycles. The summed E-state index contributed by atoms with van der Waals surface area (Å²) in [4.78, 5) is 14.7. The summed E-state index contributed by atoms with van der Waals surface area (Å²) in [6, 6.07) is 6.09. The van der Waals surface area contributed by atoms with Crippen molar-refractivity contribution in [3.05, 3.63) is 69.6 Å². The molecule has 0 fully saturated rings. The minimum atomic E-state index is -0.297. The molecule has 0 bridgehead atoms. The molecular weight excluding hydrogens is 310 g/mol. The molecule has 0 aliphatic heterocycles. The van der Waals surface area contributed by atoms with Gasteiger partial charge in [0.2, 0.25) is 0 Å². The van der Waals surface area contributed by atoms with Crippen LogP contribution < -0.4 is 10.5 Å². The maximum absolute atomic E-state index is 12.5. The van der Waals surface area contributed by atoms with E-state index in [4.69, 9.17) is 4.42 Å². The van der Waals surface area contributed by atoms with Crippen molar-refractivity contribution in [2.45, 2.75) is 34.6 Å². The third-order valence-corrected chi connectivity index (χ3v) is 4.46. The van der Waals surface area contributed by atoms with Gasteiger partial charge in [-0.3, -0.25) is 0 Å². The first-order valence-corrected chi connectivity index (χ1v) is 8.85. The Kier molecular flexibility index (Phi) is 6.40. The minimum Gasteiger partial charge on any atom is -0.422 e. The van der Waals surface area contributed by atoms with Crippen molar-refractivity contribution in [3.8, 4) is 0 Å². The van der Waals surface area contributed by atoms with E-state index in [9.17, 15) is 4.79 Å². The van der Waals surface area contributed by atoms with Crippen LogP contribution in [0.5, 0.6) is 0 Å². The van der Waals surface area contributed by atoms with E-state index in [1.165, 1.54) is 0 Å². The zero-order valence-electron chi connectivity index (χ0n) is 15.8. The Bertz CT molecular complexity index is 881. The highest BCUT2D eigenvalue weighted by Gasteiger charge is 2.11. The summed E-state index contributed by atoms with van der Waals surface area (Å²) < 4.78 is 5.61. The Balaban J connectivity index is 2.54. The van der Waals surface area contributed by atoms with Crippen LogP contribution in [0, 0.1) is 6.92 Å². The van der Waals surface area contributed by atoms with Crippen LogP contribution in [0.2, 0.25) is 0 Å². The number of rotatable bonds is 6. The largest absolute Gasteiger partial charge is 0.422 e. The van der Waals surface area contributed by atoms with E-state index in [0.717, 1.165) is 35.3 Å². The van der Waals surface area contributed by atoms with Crippen molar-refractivity contribution in [2.24, 2.45) is 0 Å². The Hall–Kier alpha value is -2.55. The van der Waals surface area contributed by atoms with Gasteiger partial charge in [-0.05, 0) is 64.0 Å². The molecule has 0 spiro atoms. The summed E-state index contributed by atoms with van der Waals surface area (Å²) in [5.41, 5.74) is 4.03. The molecule has 0 aliphatic rings. The van der Waals surface area contributed by atoms with E-state index >= 15 is 0 Å². The molecule has 3 nitrogen and oxygen atoms in total. The summed E-state index contributed by atoms with van der Waals surface area (Å²) >= 11 is 0. The lowest BCUT2D eigenvalue weighted by Crippen LogP contribution is -2.21. The van der Waals surface area contributed by atoms with Gasteiger partial charge in [0.05, 0.1) is 5.56 Å². The van der Waals surface area contributed by atoms with Gasteiger partial charge >= 0.3 is 5.63 Å². The van der Waals surface area contributed by atoms with E-state index in [1.54, 1.807) is 0 Å². The van der Waals surface area contributed by atoms with Crippen LogP contribution in [0.3, 0.4) is 0 Å². The van der Waals surface area contributed by atoms with Crippen molar-refractivity contribution in [3.63, 3.8) is 0 Å². The van der Waals surface area contributed by atoms with E-state index in [1.807, 2.05) is 63.3 Å². The molecule has 0 N–H and O–H groups in total. The molecular formula is C22H27NO2. The first-order chi connectivity index (χ1) is 12.0. The molecule has 2 aromatic rings. The third-order valence-electron chi connectivity index (χ3n) is 4.46. The van der Waals surface area contributed by atoms with Gasteiger partial charge in [0.15, 0.2) is 0 Å². The average Bonchev–Trinajstić information content (AvgIpc) is 2.61. The Labute approximate surface area is 150 Å². The Morgan fingerprint density at radius 1 is 1.16 bits per heavy atom. The highest BCUT2D eigenvalue weighted by molar-refractivity contribution is 5.86. The maximum atomic E-state index is 12.5. The lowest BCUT2D eigenvalue weighted by Gasteiger charge is -2.21. The maximum Gasteiger partial charge on any atom is 0.343 e.